The molecular weight excluding hydrogens is 330 g/mol. The predicted octanol–water partition coefficient (Wildman–Crippen LogP) is 6.09. The Labute approximate surface area is 160 Å². The summed E-state index contributed by atoms with van der Waals surface area (Å²) in [6, 6.07) is 25.6. The highest BCUT2D eigenvalue weighted by Crippen LogP contribution is 2.47. The quantitative estimate of drug-likeness (QED) is 0.566. The minimum absolute atomic E-state index is 0.111. The van der Waals surface area contributed by atoms with Crippen LogP contribution in [0.3, 0.4) is 0 Å². The molecule has 0 spiro atoms. The highest BCUT2D eigenvalue weighted by atomic mass is 16.5. The number of allylic oxidation sites excluding steroid dienone is 2. The van der Waals surface area contributed by atoms with Crippen LogP contribution in [0.5, 0.6) is 5.75 Å². The van der Waals surface area contributed by atoms with Gasteiger partial charge in [0.1, 0.15) is 11.9 Å². The van der Waals surface area contributed by atoms with E-state index in [4.69, 9.17) is 4.74 Å². The lowest BCUT2D eigenvalue weighted by Gasteiger charge is -2.22. The van der Waals surface area contributed by atoms with Crippen LogP contribution in [0.1, 0.15) is 11.5 Å². The lowest BCUT2D eigenvalue weighted by Crippen LogP contribution is -2.16. The molecule has 2 atom stereocenters. The molecule has 2 heteroatoms. The molecular formula is C25H21NO. The molecule has 0 fully saturated rings. The lowest BCUT2D eigenvalue weighted by atomic mass is 9.92. The predicted molar refractivity (Wildman–Crippen MR) is 112 cm³/mol. The molecule has 1 aliphatic heterocycles. The molecule has 0 N–H and O–H groups in total. The smallest absolute Gasteiger partial charge is 0.147 e. The Morgan fingerprint density at radius 1 is 0.741 bits per heavy atom. The van der Waals surface area contributed by atoms with Crippen molar-refractivity contribution in [3.8, 4) is 16.9 Å². The van der Waals surface area contributed by atoms with Gasteiger partial charge in [-0.15, -0.1) is 0 Å². The number of hydrogen-bond acceptors (Lipinski definition) is 2. The van der Waals surface area contributed by atoms with Crippen LogP contribution < -0.4 is 9.64 Å². The van der Waals surface area contributed by atoms with Crippen LogP contribution >= 0.6 is 0 Å². The largest absolute Gasteiger partial charge is 0.483 e. The van der Waals surface area contributed by atoms with E-state index in [0.29, 0.717) is 5.92 Å². The second kappa shape index (κ2) is 6.48. The van der Waals surface area contributed by atoms with E-state index < -0.39 is 0 Å². The topological polar surface area (TPSA) is 12.5 Å². The number of fused-ring (bicyclic) bond motifs is 3. The van der Waals surface area contributed by atoms with Crippen LogP contribution in [-0.2, 0) is 0 Å². The average Bonchev–Trinajstić information content (AvgIpc) is 3.13. The molecule has 1 aliphatic carbocycles. The normalized spacial score (nSPS) is 19.3. The molecule has 0 saturated carbocycles. The van der Waals surface area contributed by atoms with Crippen LogP contribution in [0, 0.1) is 0 Å². The third-order valence-corrected chi connectivity index (χ3v) is 5.45. The van der Waals surface area contributed by atoms with Crippen molar-refractivity contribution in [2.24, 2.45) is 0 Å². The zero-order valence-corrected chi connectivity index (χ0v) is 15.2. The number of benzene rings is 3. The number of nitrogens with zero attached hydrogens (tertiary/aromatic N) is 1. The first-order valence-corrected chi connectivity index (χ1v) is 9.35. The fourth-order valence-corrected chi connectivity index (χ4v) is 3.96. The minimum atomic E-state index is 0.111. The van der Waals surface area contributed by atoms with Crippen molar-refractivity contribution >= 4 is 11.4 Å². The van der Waals surface area contributed by atoms with Crippen molar-refractivity contribution in [2.75, 3.05) is 11.9 Å². The van der Waals surface area contributed by atoms with Gasteiger partial charge in [0.25, 0.3) is 0 Å². The monoisotopic (exact) mass is 351 g/mol. The van der Waals surface area contributed by atoms with E-state index in [0.717, 1.165) is 17.1 Å². The van der Waals surface area contributed by atoms with Gasteiger partial charge in [-0.1, -0.05) is 72.8 Å². The summed E-state index contributed by atoms with van der Waals surface area (Å²) in [5.74, 6) is 1.32. The standard InChI is InChI=1S/C25H21NO/c1-26(20-16-14-19(15-17-20)18-8-3-2-4-9-18)23-12-7-11-22-21-10-5-6-13-24(21)27-25(22)23/h2-17,21,24H,1H3/t21-,24?/m1/s1. The van der Waals surface area contributed by atoms with Crippen molar-refractivity contribution in [1.82, 2.24) is 0 Å². The SMILES string of the molecule is CN(c1ccc(-c2ccccc2)cc1)c1cccc2c1OC1C=CC=C[C@H]21. The summed E-state index contributed by atoms with van der Waals surface area (Å²) < 4.78 is 6.30. The lowest BCUT2D eigenvalue weighted by molar-refractivity contribution is 0.269. The maximum absolute atomic E-state index is 6.30. The van der Waals surface area contributed by atoms with Gasteiger partial charge in [0.2, 0.25) is 0 Å². The van der Waals surface area contributed by atoms with Gasteiger partial charge in [-0.05, 0) is 35.4 Å². The van der Waals surface area contributed by atoms with Crippen LogP contribution in [0.4, 0.5) is 11.4 Å². The van der Waals surface area contributed by atoms with E-state index in [-0.39, 0.29) is 6.10 Å². The van der Waals surface area contributed by atoms with E-state index in [1.807, 2.05) is 6.07 Å². The summed E-state index contributed by atoms with van der Waals surface area (Å²) in [6.07, 6.45) is 8.66. The second-order valence-electron chi connectivity index (χ2n) is 7.05. The van der Waals surface area contributed by atoms with Gasteiger partial charge in [-0.3, -0.25) is 0 Å². The average molecular weight is 351 g/mol. The molecule has 3 aromatic rings. The Morgan fingerprint density at radius 2 is 1.48 bits per heavy atom. The zero-order chi connectivity index (χ0) is 18.2. The highest BCUT2D eigenvalue weighted by molar-refractivity contribution is 5.74. The summed E-state index contributed by atoms with van der Waals surface area (Å²) in [5, 5.41) is 0. The molecule has 3 aromatic carbocycles. The van der Waals surface area contributed by atoms with Crippen LogP contribution in [0.15, 0.2) is 97.1 Å². The molecule has 1 heterocycles. The van der Waals surface area contributed by atoms with Gasteiger partial charge in [-0.25, -0.2) is 0 Å². The highest BCUT2D eigenvalue weighted by Gasteiger charge is 2.34. The number of hydrogen-bond donors (Lipinski definition) is 0. The molecule has 5 rings (SSSR count). The molecule has 132 valence electrons. The Kier molecular flexibility index (Phi) is 3.83. The van der Waals surface area contributed by atoms with E-state index in [1.54, 1.807) is 0 Å². The van der Waals surface area contributed by atoms with E-state index >= 15 is 0 Å². The summed E-state index contributed by atoms with van der Waals surface area (Å²) in [7, 11) is 2.10. The molecule has 0 aromatic heterocycles. The van der Waals surface area contributed by atoms with Crippen LogP contribution in [0.25, 0.3) is 11.1 Å². The van der Waals surface area contributed by atoms with Crippen molar-refractivity contribution in [1.29, 1.82) is 0 Å². The fraction of sp³-hybridized carbons (Fsp3) is 0.120. The van der Waals surface area contributed by atoms with Gasteiger partial charge in [0, 0.05) is 24.2 Å². The van der Waals surface area contributed by atoms with E-state index in [2.05, 4.69) is 103 Å². The third-order valence-electron chi connectivity index (χ3n) is 5.45. The van der Waals surface area contributed by atoms with Gasteiger partial charge in [-0.2, -0.15) is 0 Å². The van der Waals surface area contributed by atoms with Gasteiger partial charge in [0.15, 0.2) is 0 Å². The van der Waals surface area contributed by atoms with Gasteiger partial charge in [0.05, 0.1) is 5.69 Å². The number of anilines is 2. The Bertz CT molecular complexity index is 1020. The van der Waals surface area contributed by atoms with Crippen molar-refractivity contribution in [3.05, 3.63) is 103 Å². The molecule has 0 bridgehead atoms. The molecule has 27 heavy (non-hydrogen) atoms. The number of ether oxygens (including phenoxy) is 1. The van der Waals surface area contributed by atoms with Crippen LogP contribution in [-0.4, -0.2) is 13.2 Å². The maximum atomic E-state index is 6.30. The first kappa shape index (κ1) is 16.0. The Hall–Kier alpha value is -3.26. The van der Waals surface area contributed by atoms with E-state index in [9.17, 15) is 0 Å². The van der Waals surface area contributed by atoms with Gasteiger partial charge < -0.3 is 9.64 Å². The maximum Gasteiger partial charge on any atom is 0.147 e. The molecule has 1 unspecified atom stereocenters. The molecule has 0 saturated heterocycles. The second-order valence-corrected chi connectivity index (χ2v) is 7.05. The molecule has 2 aliphatic rings. The third kappa shape index (κ3) is 2.74. The molecule has 2 nitrogen and oxygen atoms in total. The van der Waals surface area contributed by atoms with Gasteiger partial charge >= 0.3 is 0 Å². The van der Waals surface area contributed by atoms with Crippen LogP contribution in [0.2, 0.25) is 0 Å². The molecule has 0 amide bonds. The summed E-state index contributed by atoms with van der Waals surface area (Å²) >= 11 is 0. The Balaban J connectivity index is 1.47. The zero-order valence-electron chi connectivity index (χ0n) is 15.2. The first-order chi connectivity index (χ1) is 13.3. The number of para-hydroxylation sites is 1. The Morgan fingerprint density at radius 3 is 2.30 bits per heavy atom. The van der Waals surface area contributed by atoms with Crippen molar-refractivity contribution in [3.63, 3.8) is 0 Å². The number of rotatable bonds is 3. The van der Waals surface area contributed by atoms with Crippen molar-refractivity contribution < 1.29 is 4.74 Å². The fourth-order valence-electron chi connectivity index (χ4n) is 3.96. The minimum Gasteiger partial charge on any atom is -0.483 e. The van der Waals surface area contributed by atoms with Crippen molar-refractivity contribution in [2.45, 2.75) is 12.0 Å². The molecule has 0 radical (unpaired) electrons. The summed E-state index contributed by atoms with van der Waals surface area (Å²) in [4.78, 5) is 2.21. The summed E-state index contributed by atoms with van der Waals surface area (Å²) in [5.41, 5.74) is 5.98. The van der Waals surface area contributed by atoms with E-state index in [1.165, 1.54) is 16.7 Å². The first-order valence-electron chi connectivity index (χ1n) is 9.35. The summed E-state index contributed by atoms with van der Waals surface area (Å²) in [6.45, 7) is 0.